The summed E-state index contributed by atoms with van der Waals surface area (Å²) >= 11 is 0. The Hall–Kier alpha value is 0.325. The average molecular weight is 1890 g/mol. The van der Waals surface area contributed by atoms with Crippen molar-refractivity contribution in [2.75, 3.05) is 0 Å². The van der Waals surface area contributed by atoms with Crippen molar-refractivity contribution in [1.29, 1.82) is 0 Å². The molecule has 6 aromatic heterocycles. The maximum absolute atomic E-state index is 4.42. The van der Waals surface area contributed by atoms with Gasteiger partial charge in [0.15, 0.2) is 0 Å². The summed E-state index contributed by atoms with van der Waals surface area (Å²) in [5.41, 5.74) is 6.30. The SMILES string of the molecule is [Cu+2].[Cu+2].[Mo].[Mo].[Mo].[Mo].[Mo].[Mo].[Mo].[Mo].[O-2].[O-2].[O-2].[O-2].[O-2].[O-2].[O-2].[O-2].[O-2].[O-2].[O-2].[O-2].[O-2].[O-2].[O-2].[O-2].[O-2].[O-2].[O-2].[O-2].[O-2].[O-2].[O-2].[O-2].[O-2].[O-2].c1ccc(CN(Cc2ccccn2)Cc2ccccn2)nc1.c1ccc(CN(Cc2ccccn2)Cc2ccccn2)nc1. The summed E-state index contributed by atoms with van der Waals surface area (Å²) in [5.74, 6) is 0. The minimum Gasteiger partial charge on any atom is -2.00 e. The first kappa shape index (κ1) is 216. The van der Waals surface area contributed by atoms with Gasteiger partial charge in [-0.1, -0.05) is 36.4 Å². The summed E-state index contributed by atoms with van der Waals surface area (Å²) in [6, 6.07) is 36.0. The Morgan fingerprint density at radius 1 is 0.188 bits per heavy atom. The van der Waals surface area contributed by atoms with Crippen LogP contribution in [-0.2, 0) is 384 Å². The van der Waals surface area contributed by atoms with E-state index in [0.717, 1.165) is 73.4 Å². The molecule has 0 saturated carbocycles. The summed E-state index contributed by atoms with van der Waals surface area (Å²) < 4.78 is 0. The summed E-state index contributed by atoms with van der Waals surface area (Å²) in [4.78, 5) is 31.1. The van der Waals surface area contributed by atoms with Crippen molar-refractivity contribution in [1.82, 2.24) is 39.7 Å². The first-order valence-corrected chi connectivity index (χ1v) is 14.6. The normalized spacial score (nSPS) is 5.92. The zero-order valence-electron chi connectivity index (χ0n) is 39.2. The fraction of sp³-hybridized carbons (Fsp3) is 0.167. The molecular formula is C36H36Cu2Mo8N8O26-48. The van der Waals surface area contributed by atoms with Gasteiger partial charge in [-0.25, -0.2) is 0 Å². The van der Waals surface area contributed by atoms with E-state index in [-0.39, 0.29) is 345 Å². The van der Waals surface area contributed by atoms with E-state index in [9.17, 15) is 0 Å². The molecule has 6 heterocycles. The monoisotopic (exact) mass is 1910 g/mol. The zero-order valence-corrected chi connectivity index (χ0v) is 57.1. The predicted molar refractivity (Wildman–Crippen MR) is 189 cm³/mol. The summed E-state index contributed by atoms with van der Waals surface area (Å²) in [6.07, 6.45) is 11.0. The quantitative estimate of drug-likeness (QED) is 0.164. The number of nitrogens with zero attached hydrogens (tertiary/aromatic N) is 8. The third kappa shape index (κ3) is 89.5. The van der Waals surface area contributed by atoms with Gasteiger partial charge in [0.2, 0.25) is 0 Å². The third-order valence-electron chi connectivity index (χ3n) is 6.67. The fourth-order valence-electron chi connectivity index (χ4n) is 4.66. The van der Waals surface area contributed by atoms with Gasteiger partial charge in [0, 0.05) is 245 Å². The van der Waals surface area contributed by atoms with Crippen molar-refractivity contribution < 1.29 is 345 Å². The van der Waals surface area contributed by atoms with Crippen molar-refractivity contribution in [3.05, 3.63) is 181 Å². The Labute approximate surface area is 598 Å². The molecule has 0 N–H and O–H groups in total. The van der Waals surface area contributed by atoms with E-state index in [4.69, 9.17) is 0 Å². The third-order valence-corrected chi connectivity index (χ3v) is 6.67. The smallest absolute Gasteiger partial charge is 2.00 e. The Kier molecular flexibility index (Phi) is 362. The van der Waals surface area contributed by atoms with E-state index in [2.05, 4.69) is 39.7 Å². The summed E-state index contributed by atoms with van der Waals surface area (Å²) in [6.45, 7) is 4.63. The van der Waals surface area contributed by atoms with Crippen molar-refractivity contribution in [2.24, 2.45) is 0 Å². The molecule has 0 fully saturated rings. The van der Waals surface area contributed by atoms with E-state index in [1.807, 2.05) is 146 Å². The number of hydrogen-bond donors (Lipinski definition) is 0. The van der Waals surface area contributed by atoms with Gasteiger partial charge in [0.05, 0.1) is 34.2 Å². The van der Waals surface area contributed by atoms with Crippen LogP contribution < -0.4 is 0 Å². The van der Waals surface area contributed by atoms with Crippen LogP contribution in [0.15, 0.2) is 146 Å². The number of pyridine rings is 6. The number of hydrogen-bond acceptors (Lipinski definition) is 8. The molecule has 6 aromatic rings. The zero-order chi connectivity index (χ0) is 30.1. The minimum absolute atomic E-state index is 0. The van der Waals surface area contributed by atoms with Gasteiger partial charge < -0.3 is 142 Å². The van der Waals surface area contributed by atoms with Crippen LogP contribution >= 0.6 is 0 Å². The van der Waals surface area contributed by atoms with Crippen LogP contribution in [0.4, 0.5) is 0 Å². The Morgan fingerprint density at radius 3 is 0.362 bits per heavy atom. The molecule has 44 heteroatoms. The second-order valence-corrected chi connectivity index (χ2v) is 10.2. The number of aromatic nitrogens is 6. The van der Waals surface area contributed by atoms with Crippen LogP contribution in [-0.4, -0.2) is 39.7 Å². The maximum Gasteiger partial charge on any atom is 2.00 e. The van der Waals surface area contributed by atoms with Crippen molar-refractivity contribution >= 4 is 0 Å². The Balaban J connectivity index is -0.0000000132. The number of rotatable bonds is 12. The molecule has 0 aromatic carbocycles. The van der Waals surface area contributed by atoms with Crippen LogP contribution in [0.2, 0.25) is 0 Å². The molecule has 34 nitrogen and oxygen atoms in total. The molecule has 6 rings (SSSR count). The minimum atomic E-state index is 0. The predicted octanol–water partition coefficient (Wildman–Crippen LogP) is 3.03. The van der Waals surface area contributed by atoms with Gasteiger partial charge in [-0.3, -0.25) is 39.7 Å². The van der Waals surface area contributed by atoms with Crippen LogP contribution in [0.5, 0.6) is 0 Å². The largest absolute Gasteiger partial charge is 2.00 e. The van der Waals surface area contributed by atoms with Gasteiger partial charge in [-0.2, -0.15) is 0 Å². The van der Waals surface area contributed by atoms with E-state index in [1.54, 1.807) is 0 Å². The maximum atomic E-state index is 4.42. The Bertz CT molecular complexity index is 1390. The van der Waals surface area contributed by atoms with Gasteiger partial charge in [-0.05, 0) is 72.8 Å². The molecular weight excluding hydrogens is 1860 g/mol. The fourth-order valence-corrected chi connectivity index (χ4v) is 4.66. The molecule has 494 valence electrons. The van der Waals surface area contributed by atoms with Crippen molar-refractivity contribution in [2.45, 2.75) is 39.3 Å². The molecule has 0 bridgehead atoms. The molecule has 0 spiro atoms. The molecule has 0 aliphatic carbocycles. The Morgan fingerprint density at radius 2 is 0.287 bits per heavy atom. The second-order valence-electron chi connectivity index (χ2n) is 10.2. The van der Waals surface area contributed by atoms with E-state index < -0.39 is 0 Å². The van der Waals surface area contributed by atoms with Crippen LogP contribution in [0.3, 0.4) is 0 Å². The molecule has 0 aliphatic rings. The van der Waals surface area contributed by atoms with E-state index in [0.29, 0.717) is 0 Å². The first-order valence-electron chi connectivity index (χ1n) is 14.6. The molecule has 0 atom stereocenters. The van der Waals surface area contributed by atoms with Crippen LogP contribution in [0.1, 0.15) is 34.2 Å². The molecule has 0 saturated heterocycles. The molecule has 2 radical (unpaired) electrons. The molecule has 0 unspecified atom stereocenters. The topological polar surface area (TPSA) is 825 Å². The molecule has 80 heavy (non-hydrogen) atoms. The van der Waals surface area contributed by atoms with Crippen molar-refractivity contribution in [3.8, 4) is 0 Å². The van der Waals surface area contributed by atoms with Gasteiger partial charge in [-0.15, -0.1) is 0 Å². The molecule has 0 amide bonds. The van der Waals surface area contributed by atoms with Crippen LogP contribution in [0.25, 0.3) is 0 Å². The van der Waals surface area contributed by atoms with Gasteiger partial charge in [0.1, 0.15) is 0 Å². The standard InChI is InChI=1S/2C18H18N4.2Cu.8Mo.26O/c2*1-4-10-19-16(7-1)13-22(14-17-8-2-5-11-20-17)15-18-9-3-6-12-21-18;;;;;;;;;;;;;;;;;;;;;;;;;;;;;;;;;;;;/h2*1-12H,13-15H2;;;;;;;;;;;;;;;;;;;;;;;;;;;;;;;;;;;;/q;;2*+2;;;;;;;;;26*-2. The van der Waals surface area contributed by atoms with E-state index >= 15 is 0 Å². The van der Waals surface area contributed by atoms with Crippen LogP contribution in [0, 0.1) is 0 Å². The van der Waals surface area contributed by atoms with Gasteiger partial charge >= 0.3 is 34.1 Å². The van der Waals surface area contributed by atoms with Gasteiger partial charge in [0.25, 0.3) is 0 Å². The average Bonchev–Trinajstić information content (AvgIpc) is 3.08. The van der Waals surface area contributed by atoms with E-state index in [1.165, 1.54) is 0 Å². The molecule has 0 aliphatic heterocycles. The summed E-state index contributed by atoms with van der Waals surface area (Å²) in [5, 5.41) is 0. The first-order chi connectivity index (χ1) is 21.8. The summed E-state index contributed by atoms with van der Waals surface area (Å²) in [7, 11) is 0. The van der Waals surface area contributed by atoms with Crippen molar-refractivity contribution in [3.63, 3.8) is 0 Å². The second kappa shape index (κ2) is 134.